The molecule has 1 fully saturated rings. The summed E-state index contributed by atoms with van der Waals surface area (Å²) < 4.78 is 0. The second-order valence-corrected chi connectivity index (χ2v) is 6.71. The second-order valence-electron chi connectivity index (χ2n) is 5.61. The Hall–Kier alpha value is -1.04. The van der Waals surface area contributed by atoms with E-state index in [2.05, 4.69) is 45.4 Å². The summed E-state index contributed by atoms with van der Waals surface area (Å²) in [4.78, 5) is 16.3. The van der Waals surface area contributed by atoms with E-state index in [4.69, 9.17) is 0 Å². The van der Waals surface area contributed by atoms with Crippen molar-refractivity contribution in [1.29, 1.82) is 0 Å². The third kappa shape index (κ3) is 6.38. The monoisotopic (exact) mass is 321 g/mol. The Labute approximate surface area is 138 Å². The summed E-state index contributed by atoms with van der Waals surface area (Å²) in [6.45, 7) is 8.52. The average molecular weight is 321 g/mol. The van der Waals surface area contributed by atoms with Crippen molar-refractivity contribution >= 4 is 17.7 Å². The van der Waals surface area contributed by atoms with Gasteiger partial charge in [-0.2, -0.15) is 11.8 Å². The molecule has 1 aromatic carbocycles. The summed E-state index contributed by atoms with van der Waals surface area (Å²) in [5.41, 5.74) is 1.40. The molecular weight excluding hydrogens is 294 g/mol. The van der Waals surface area contributed by atoms with Crippen LogP contribution in [0.5, 0.6) is 0 Å². The van der Waals surface area contributed by atoms with E-state index in [-0.39, 0.29) is 5.91 Å². The molecule has 22 heavy (non-hydrogen) atoms. The Balaban J connectivity index is 1.55. The largest absolute Gasteiger partial charge is 0.355 e. The van der Waals surface area contributed by atoms with Crippen LogP contribution in [0.4, 0.5) is 0 Å². The molecule has 0 aliphatic carbocycles. The van der Waals surface area contributed by atoms with Crippen molar-refractivity contribution in [2.45, 2.75) is 12.7 Å². The maximum Gasteiger partial charge on any atom is 0.234 e. The van der Waals surface area contributed by atoms with Crippen LogP contribution in [0.15, 0.2) is 30.3 Å². The van der Waals surface area contributed by atoms with E-state index in [1.165, 1.54) is 11.3 Å². The van der Waals surface area contributed by atoms with Crippen LogP contribution in [0.1, 0.15) is 12.5 Å². The van der Waals surface area contributed by atoms with E-state index in [9.17, 15) is 4.79 Å². The summed E-state index contributed by atoms with van der Waals surface area (Å²) in [7, 11) is 0. The number of hydrogen-bond donors (Lipinski definition) is 1. The molecule has 5 heteroatoms. The first-order chi connectivity index (χ1) is 10.8. The first-order valence-electron chi connectivity index (χ1n) is 8.11. The van der Waals surface area contributed by atoms with Gasteiger partial charge in [-0.1, -0.05) is 30.3 Å². The fraction of sp³-hybridized carbons (Fsp3) is 0.588. The molecular formula is C17H27N3OS. The fourth-order valence-corrected chi connectivity index (χ4v) is 3.54. The van der Waals surface area contributed by atoms with Crippen molar-refractivity contribution in [3.8, 4) is 0 Å². The van der Waals surface area contributed by atoms with Crippen molar-refractivity contribution in [3.05, 3.63) is 35.9 Å². The Morgan fingerprint density at radius 1 is 1.14 bits per heavy atom. The predicted octanol–water partition coefficient (Wildman–Crippen LogP) is 1.67. The zero-order valence-electron chi connectivity index (χ0n) is 13.5. The number of likely N-dealkylation sites (N-methyl/N-ethyl adjacent to an activating group) is 1. The molecule has 1 aromatic rings. The van der Waals surface area contributed by atoms with Crippen LogP contribution in [0.3, 0.4) is 0 Å². The van der Waals surface area contributed by atoms with Gasteiger partial charge in [0.2, 0.25) is 5.91 Å². The average Bonchev–Trinajstić information content (AvgIpc) is 2.54. The lowest BCUT2D eigenvalue weighted by Crippen LogP contribution is -2.49. The number of piperazine rings is 1. The van der Waals surface area contributed by atoms with Crippen molar-refractivity contribution < 1.29 is 4.79 Å². The molecule has 2 rings (SSSR count). The summed E-state index contributed by atoms with van der Waals surface area (Å²) in [6.07, 6.45) is 0. The highest BCUT2D eigenvalue weighted by Crippen LogP contribution is 2.12. The van der Waals surface area contributed by atoms with Gasteiger partial charge in [0.05, 0.1) is 6.54 Å². The molecule has 1 amide bonds. The van der Waals surface area contributed by atoms with Crippen LogP contribution in [-0.4, -0.2) is 67.3 Å². The Morgan fingerprint density at radius 2 is 1.82 bits per heavy atom. The highest BCUT2D eigenvalue weighted by Gasteiger charge is 2.18. The topological polar surface area (TPSA) is 35.6 Å². The Morgan fingerprint density at radius 3 is 2.50 bits per heavy atom. The lowest BCUT2D eigenvalue weighted by atomic mass is 10.2. The lowest BCUT2D eigenvalue weighted by molar-refractivity contribution is -0.122. The standard InChI is InChI=1S/C17H27N3OS/c1-2-18-17(21)14-20-10-8-19(9-11-20)12-13-22-15-16-6-4-3-5-7-16/h3-7H,2,8-15H2,1H3,(H,18,21). The minimum atomic E-state index is 0.148. The van der Waals surface area contributed by atoms with Gasteiger partial charge in [0.15, 0.2) is 0 Å². The zero-order valence-corrected chi connectivity index (χ0v) is 14.3. The fourth-order valence-electron chi connectivity index (χ4n) is 2.59. The van der Waals surface area contributed by atoms with E-state index in [1.807, 2.05) is 18.7 Å². The summed E-state index contributed by atoms with van der Waals surface area (Å²) in [5, 5.41) is 2.86. The maximum atomic E-state index is 11.6. The number of nitrogens with one attached hydrogen (secondary N) is 1. The van der Waals surface area contributed by atoms with E-state index in [1.54, 1.807) is 0 Å². The summed E-state index contributed by atoms with van der Waals surface area (Å²) in [6, 6.07) is 10.6. The molecule has 0 saturated carbocycles. The van der Waals surface area contributed by atoms with Crippen molar-refractivity contribution in [2.24, 2.45) is 0 Å². The molecule has 0 bridgehead atoms. The molecule has 122 valence electrons. The molecule has 0 spiro atoms. The van der Waals surface area contributed by atoms with Crippen LogP contribution in [0.2, 0.25) is 0 Å². The normalized spacial score (nSPS) is 16.6. The predicted molar refractivity (Wildman–Crippen MR) is 94.2 cm³/mol. The number of benzene rings is 1. The van der Waals surface area contributed by atoms with Crippen molar-refractivity contribution in [3.63, 3.8) is 0 Å². The first kappa shape index (κ1) is 17.3. The number of rotatable bonds is 8. The number of nitrogens with zero attached hydrogens (tertiary/aromatic N) is 2. The smallest absolute Gasteiger partial charge is 0.234 e. The molecule has 1 aliphatic rings. The van der Waals surface area contributed by atoms with Gasteiger partial charge < -0.3 is 5.32 Å². The highest BCUT2D eigenvalue weighted by atomic mass is 32.2. The molecule has 1 saturated heterocycles. The van der Waals surface area contributed by atoms with E-state index in [0.717, 1.165) is 45.0 Å². The Kier molecular flexibility index (Phi) is 7.77. The number of carbonyl (C=O) groups is 1. The van der Waals surface area contributed by atoms with E-state index >= 15 is 0 Å². The van der Waals surface area contributed by atoms with E-state index < -0.39 is 0 Å². The van der Waals surface area contributed by atoms with Crippen LogP contribution in [0.25, 0.3) is 0 Å². The van der Waals surface area contributed by atoms with Gasteiger partial charge in [0.25, 0.3) is 0 Å². The van der Waals surface area contributed by atoms with E-state index in [0.29, 0.717) is 6.54 Å². The van der Waals surface area contributed by atoms with Gasteiger partial charge in [-0.05, 0) is 12.5 Å². The molecule has 1 heterocycles. The summed E-state index contributed by atoms with van der Waals surface area (Å²) in [5.74, 6) is 2.41. The molecule has 0 radical (unpaired) electrons. The number of thioether (sulfide) groups is 1. The van der Waals surface area contributed by atoms with Gasteiger partial charge in [0, 0.05) is 50.8 Å². The maximum absolute atomic E-state index is 11.6. The van der Waals surface area contributed by atoms with Crippen molar-refractivity contribution in [2.75, 3.05) is 51.6 Å². The van der Waals surface area contributed by atoms with Gasteiger partial charge in [0.1, 0.15) is 0 Å². The number of amides is 1. The lowest BCUT2D eigenvalue weighted by Gasteiger charge is -2.34. The zero-order chi connectivity index (χ0) is 15.6. The molecule has 1 aliphatic heterocycles. The van der Waals surface area contributed by atoms with Gasteiger partial charge in [-0.15, -0.1) is 0 Å². The van der Waals surface area contributed by atoms with Crippen LogP contribution in [-0.2, 0) is 10.5 Å². The molecule has 0 atom stereocenters. The number of hydrogen-bond acceptors (Lipinski definition) is 4. The third-order valence-electron chi connectivity index (χ3n) is 3.87. The SMILES string of the molecule is CCNC(=O)CN1CCN(CCSCc2ccccc2)CC1. The Bertz CT molecular complexity index is 433. The highest BCUT2D eigenvalue weighted by molar-refractivity contribution is 7.98. The molecule has 4 nitrogen and oxygen atoms in total. The quantitative estimate of drug-likeness (QED) is 0.739. The van der Waals surface area contributed by atoms with Gasteiger partial charge in [-0.25, -0.2) is 0 Å². The third-order valence-corrected chi connectivity index (χ3v) is 4.88. The second kappa shape index (κ2) is 9.87. The van der Waals surface area contributed by atoms with Crippen LogP contribution >= 0.6 is 11.8 Å². The molecule has 1 N–H and O–H groups in total. The van der Waals surface area contributed by atoms with Crippen LogP contribution < -0.4 is 5.32 Å². The molecule has 0 unspecified atom stereocenters. The minimum absolute atomic E-state index is 0.148. The van der Waals surface area contributed by atoms with Gasteiger partial charge >= 0.3 is 0 Å². The summed E-state index contributed by atoms with van der Waals surface area (Å²) >= 11 is 2.00. The van der Waals surface area contributed by atoms with Crippen molar-refractivity contribution in [1.82, 2.24) is 15.1 Å². The van der Waals surface area contributed by atoms with Crippen LogP contribution in [0, 0.1) is 0 Å². The first-order valence-corrected chi connectivity index (χ1v) is 9.26. The minimum Gasteiger partial charge on any atom is -0.355 e. The number of carbonyl (C=O) groups excluding carboxylic acids is 1. The molecule has 0 aromatic heterocycles. The van der Waals surface area contributed by atoms with Gasteiger partial charge in [-0.3, -0.25) is 14.6 Å².